The van der Waals surface area contributed by atoms with Crippen LogP contribution in [0.1, 0.15) is 58.8 Å². The molecule has 0 aromatic heterocycles. The average Bonchev–Trinajstić information content (AvgIpc) is 2.17. The maximum absolute atomic E-state index is 9.81. The smallest absolute Gasteiger partial charge is 0.0568 e. The molecule has 0 saturated heterocycles. The van der Waals surface area contributed by atoms with Gasteiger partial charge in [-0.3, -0.25) is 0 Å². The van der Waals surface area contributed by atoms with Crippen LogP contribution in [0.5, 0.6) is 0 Å². The first-order chi connectivity index (χ1) is 6.27. The van der Waals surface area contributed by atoms with Gasteiger partial charge >= 0.3 is 0 Å². The van der Waals surface area contributed by atoms with Crippen molar-refractivity contribution in [3.05, 3.63) is 0 Å². The monoisotopic (exact) mass is 184 g/mol. The van der Waals surface area contributed by atoms with Crippen LogP contribution in [-0.2, 0) is 0 Å². The molecular formula is C12H24O. The summed E-state index contributed by atoms with van der Waals surface area (Å²) in [4.78, 5) is 0. The zero-order valence-corrected chi connectivity index (χ0v) is 9.13. The van der Waals surface area contributed by atoms with E-state index in [1.165, 1.54) is 38.5 Å². The summed E-state index contributed by atoms with van der Waals surface area (Å²) in [6.45, 7) is 4.53. The van der Waals surface area contributed by atoms with Gasteiger partial charge in [-0.05, 0) is 31.1 Å². The standard InChI is InChI=1S/C12H24O/c1-3-10(4-2)9-11-7-5-6-8-12(11)13/h10-13H,3-9H2,1-2H3/t11-,12-/m1/s1. The molecule has 1 aliphatic carbocycles. The molecule has 1 saturated carbocycles. The maximum Gasteiger partial charge on any atom is 0.0568 e. The second kappa shape index (κ2) is 5.64. The molecule has 0 unspecified atom stereocenters. The fourth-order valence-corrected chi connectivity index (χ4v) is 2.51. The first-order valence-electron chi connectivity index (χ1n) is 5.96. The van der Waals surface area contributed by atoms with E-state index in [4.69, 9.17) is 0 Å². The van der Waals surface area contributed by atoms with Gasteiger partial charge in [0.05, 0.1) is 6.10 Å². The van der Waals surface area contributed by atoms with Gasteiger partial charge in [0.25, 0.3) is 0 Å². The number of hydrogen-bond acceptors (Lipinski definition) is 1. The van der Waals surface area contributed by atoms with Crippen molar-refractivity contribution in [3.63, 3.8) is 0 Å². The molecule has 0 aliphatic heterocycles. The van der Waals surface area contributed by atoms with E-state index in [2.05, 4.69) is 13.8 Å². The number of aliphatic hydroxyl groups excluding tert-OH is 1. The van der Waals surface area contributed by atoms with Crippen molar-refractivity contribution >= 4 is 0 Å². The molecule has 1 aliphatic rings. The van der Waals surface area contributed by atoms with E-state index in [0.29, 0.717) is 5.92 Å². The highest BCUT2D eigenvalue weighted by molar-refractivity contribution is 4.76. The van der Waals surface area contributed by atoms with Crippen LogP contribution in [0.3, 0.4) is 0 Å². The van der Waals surface area contributed by atoms with Crippen molar-refractivity contribution in [1.29, 1.82) is 0 Å². The SMILES string of the molecule is CCC(CC)C[C@H]1CCCC[C@H]1O. The van der Waals surface area contributed by atoms with Gasteiger partial charge in [-0.15, -0.1) is 0 Å². The predicted octanol–water partition coefficient (Wildman–Crippen LogP) is 3.36. The maximum atomic E-state index is 9.81. The Kier molecular flexibility index (Phi) is 4.79. The van der Waals surface area contributed by atoms with Crippen LogP contribution in [0.25, 0.3) is 0 Å². The highest BCUT2D eigenvalue weighted by Gasteiger charge is 2.24. The van der Waals surface area contributed by atoms with E-state index in [0.717, 1.165) is 12.3 Å². The minimum atomic E-state index is 0.00866. The highest BCUT2D eigenvalue weighted by atomic mass is 16.3. The van der Waals surface area contributed by atoms with E-state index in [-0.39, 0.29) is 6.10 Å². The second-order valence-corrected chi connectivity index (χ2v) is 4.53. The summed E-state index contributed by atoms with van der Waals surface area (Å²) in [5.41, 5.74) is 0. The van der Waals surface area contributed by atoms with E-state index in [9.17, 15) is 5.11 Å². The molecule has 1 nitrogen and oxygen atoms in total. The number of hydrogen-bond donors (Lipinski definition) is 1. The van der Waals surface area contributed by atoms with Crippen molar-refractivity contribution in [2.24, 2.45) is 11.8 Å². The molecule has 0 spiro atoms. The van der Waals surface area contributed by atoms with Gasteiger partial charge in [0.15, 0.2) is 0 Å². The summed E-state index contributed by atoms with van der Waals surface area (Å²) in [5.74, 6) is 1.45. The van der Waals surface area contributed by atoms with Crippen molar-refractivity contribution in [3.8, 4) is 0 Å². The lowest BCUT2D eigenvalue weighted by Crippen LogP contribution is -2.26. The molecule has 1 N–H and O–H groups in total. The number of rotatable bonds is 4. The molecule has 1 fully saturated rings. The van der Waals surface area contributed by atoms with E-state index in [1.807, 2.05) is 0 Å². The Hall–Kier alpha value is -0.0400. The first kappa shape index (κ1) is 11.0. The summed E-state index contributed by atoms with van der Waals surface area (Å²) in [7, 11) is 0. The molecule has 0 bridgehead atoms. The van der Waals surface area contributed by atoms with Crippen LogP contribution in [0.4, 0.5) is 0 Å². The van der Waals surface area contributed by atoms with Crippen LogP contribution in [0.2, 0.25) is 0 Å². The van der Waals surface area contributed by atoms with Crippen molar-refractivity contribution in [1.82, 2.24) is 0 Å². The van der Waals surface area contributed by atoms with E-state index in [1.54, 1.807) is 0 Å². The van der Waals surface area contributed by atoms with Gasteiger partial charge in [-0.1, -0.05) is 39.5 Å². The molecule has 2 atom stereocenters. The van der Waals surface area contributed by atoms with Gasteiger partial charge in [-0.2, -0.15) is 0 Å². The lowest BCUT2D eigenvalue weighted by Gasteiger charge is -2.30. The minimum absolute atomic E-state index is 0.00866. The zero-order chi connectivity index (χ0) is 9.68. The fourth-order valence-electron chi connectivity index (χ4n) is 2.51. The summed E-state index contributed by atoms with van der Waals surface area (Å²) >= 11 is 0. The molecule has 13 heavy (non-hydrogen) atoms. The summed E-state index contributed by atoms with van der Waals surface area (Å²) in [5, 5.41) is 9.81. The summed E-state index contributed by atoms with van der Waals surface area (Å²) in [6, 6.07) is 0. The van der Waals surface area contributed by atoms with Crippen LogP contribution >= 0.6 is 0 Å². The topological polar surface area (TPSA) is 20.2 Å². The second-order valence-electron chi connectivity index (χ2n) is 4.53. The van der Waals surface area contributed by atoms with Crippen molar-refractivity contribution in [2.45, 2.75) is 64.9 Å². The lowest BCUT2D eigenvalue weighted by molar-refractivity contribution is 0.0552. The molecule has 0 radical (unpaired) electrons. The van der Waals surface area contributed by atoms with Crippen molar-refractivity contribution in [2.75, 3.05) is 0 Å². The third-order valence-corrected chi connectivity index (χ3v) is 3.66. The molecule has 0 aromatic rings. The van der Waals surface area contributed by atoms with Gasteiger partial charge in [0, 0.05) is 0 Å². The fraction of sp³-hybridized carbons (Fsp3) is 1.00. The first-order valence-corrected chi connectivity index (χ1v) is 5.96. The Bertz CT molecular complexity index is 129. The third-order valence-electron chi connectivity index (χ3n) is 3.66. The van der Waals surface area contributed by atoms with Crippen LogP contribution in [0.15, 0.2) is 0 Å². The summed E-state index contributed by atoms with van der Waals surface area (Å²) in [6.07, 6.45) is 8.70. The normalized spacial score (nSPS) is 29.5. The van der Waals surface area contributed by atoms with Crippen LogP contribution < -0.4 is 0 Å². The van der Waals surface area contributed by atoms with Crippen LogP contribution in [-0.4, -0.2) is 11.2 Å². The van der Waals surface area contributed by atoms with Crippen molar-refractivity contribution < 1.29 is 5.11 Å². The molecule has 1 rings (SSSR count). The number of aliphatic hydroxyl groups is 1. The zero-order valence-electron chi connectivity index (χ0n) is 9.13. The molecule has 0 aromatic carbocycles. The van der Waals surface area contributed by atoms with E-state index < -0.39 is 0 Å². The largest absolute Gasteiger partial charge is 0.393 e. The summed E-state index contributed by atoms with van der Waals surface area (Å²) < 4.78 is 0. The Morgan fingerprint density at radius 3 is 2.31 bits per heavy atom. The quantitative estimate of drug-likeness (QED) is 0.710. The van der Waals surface area contributed by atoms with Crippen LogP contribution in [0, 0.1) is 11.8 Å². The van der Waals surface area contributed by atoms with Gasteiger partial charge < -0.3 is 5.11 Å². The van der Waals surface area contributed by atoms with Gasteiger partial charge in [-0.25, -0.2) is 0 Å². The van der Waals surface area contributed by atoms with E-state index >= 15 is 0 Å². The Morgan fingerprint density at radius 1 is 1.15 bits per heavy atom. The lowest BCUT2D eigenvalue weighted by atomic mass is 9.79. The predicted molar refractivity (Wildman–Crippen MR) is 56.7 cm³/mol. The third kappa shape index (κ3) is 3.30. The minimum Gasteiger partial charge on any atom is -0.393 e. The average molecular weight is 184 g/mol. The molecule has 78 valence electrons. The highest BCUT2D eigenvalue weighted by Crippen LogP contribution is 2.31. The molecule has 0 heterocycles. The molecular weight excluding hydrogens is 160 g/mol. The Morgan fingerprint density at radius 2 is 1.77 bits per heavy atom. The van der Waals surface area contributed by atoms with Gasteiger partial charge in [0.2, 0.25) is 0 Å². The van der Waals surface area contributed by atoms with Gasteiger partial charge in [0.1, 0.15) is 0 Å². The Labute approximate surface area is 82.5 Å². The molecule has 1 heteroatoms. The Balaban J connectivity index is 2.32. The molecule has 0 amide bonds.